The SMILES string of the molecule is COCC(N)c1ccc(C)cc1. The molecular weight excluding hydrogens is 150 g/mol. The topological polar surface area (TPSA) is 35.2 Å². The van der Waals surface area contributed by atoms with Gasteiger partial charge in [-0.05, 0) is 12.5 Å². The zero-order valence-corrected chi connectivity index (χ0v) is 7.58. The number of aryl methyl sites for hydroxylation is 1. The van der Waals surface area contributed by atoms with E-state index in [2.05, 4.69) is 19.1 Å². The summed E-state index contributed by atoms with van der Waals surface area (Å²) in [7, 11) is 1.66. The standard InChI is InChI=1S/C10H15NO/c1-8-3-5-9(6-4-8)10(11)7-12-2/h3-6,10H,7,11H2,1-2H3. The molecule has 0 spiro atoms. The minimum atomic E-state index is -0.00407. The molecule has 1 aromatic rings. The Morgan fingerprint density at radius 1 is 1.33 bits per heavy atom. The van der Waals surface area contributed by atoms with Crippen molar-refractivity contribution in [1.29, 1.82) is 0 Å². The predicted molar refractivity (Wildman–Crippen MR) is 50.0 cm³/mol. The Hall–Kier alpha value is -0.860. The van der Waals surface area contributed by atoms with Gasteiger partial charge < -0.3 is 10.5 Å². The molecule has 66 valence electrons. The number of nitrogens with two attached hydrogens (primary N) is 1. The summed E-state index contributed by atoms with van der Waals surface area (Å²) in [5.74, 6) is 0. The molecule has 1 rings (SSSR count). The van der Waals surface area contributed by atoms with E-state index < -0.39 is 0 Å². The van der Waals surface area contributed by atoms with E-state index in [-0.39, 0.29) is 6.04 Å². The average molecular weight is 165 g/mol. The van der Waals surface area contributed by atoms with E-state index >= 15 is 0 Å². The monoisotopic (exact) mass is 165 g/mol. The van der Waals surface area contributed by atoms with Crippen LogP contribution in [0.25, 0.3) is 0 Å². The molecule has 0 amide bonds. The average Bonchev–Trinajstić information content (AvgIpc) is 2.06. The molecule has 2 nitrogen and oxygen atoms in total. The molecule has 2 N–H and O–H groups in total. The quantitative estimate of drug-likeness (QED) is 0.739. The fourth-order valence-electron chi connectivity index (χ4n) is 1.09. The van der Waals surface area contributed by atoms with Crippen LogP contribution >= 0.6 is 0 Å². The van der Waals surface area contributed by atoms with Crippen LogP contribution in [0.4, 0.5) is 0 Å². The van der Waals surface area contributed by atoms with Gasteiger partial charge in [-0.15, -0.1) is 0 Å². The Labute approximate surface area is 73.3 Å². The van der Waals surface area contributed by atoms with Gasteiger partial charge in [0.25, 0.3) is 0 Å². The third kappa shape index (κ3) is 2.32. The summed E-state index contributed by atoms with van der Waals surface area (Å²) in [6, 6.07) is 8.20. The number of benzene rings is 1. The van der Waals surface area contributed by atoms with E-state index in [0.717, 1.165) is 5.56 Å². The molecule has 1 atom stereocenters. The van der Waals surface area contributed by atoms with Gasteiger partial charge in [-0.2, -0.15) is 0 Å². The smallest absolute Gasteiger partial charge is 0.0655 e. The molecule has 0 heterocycles. The number of hydrogen-bond acceptors (Lipinski definition) is 2. The van der Waals surface area contributed by atoms with E-state index in [0.29, 0.717) is 6.61 Å². The molecule has 0 aromatic heterocycles. The van der Waals surface area contributed by atoms with Crippen LogP contribution in [0.15, 0.2) is 24.3 Å². The van der Waals surface area contributed by atoms with Crippen molar-refractivity contribution in [1.82, 2.24) is 0 Å². The maximum Gasteiger partial charge on any atom is 0.0655 e. The van der Waals surface area contributed by atoms with Crippen molar-refractivity contribution < 1.29 is 4.74 Å². The molecular formula is C10H15NO. The largest absolute Gasteiger partial charge is 0.383 e. The maximum absolute atomic E-state index is 5.83. The van der Waals surface area contributed by atoms with Gasteiger partial charge in [0.2, 0.25) is 0 Å². The number of hydrogen-bond donors (Lipinski definition) is 1. The lowest BCUT2D eigenvalue weighted by molar-refractivity contribution is 0.181. The van der Waals surface area contributed by atoms with Gasteiger partial charge in [0.1, 0.15) is 0 Å². The fraction of sp³-hybridized carbons (Fsp3) is 0.400. The van der Waals surface area contributed by atoms with Crippen molar-refractivity contribution >= 4 is 0 Å². The maximum atomic E-state index is 5.83. The normalized spacial score (nSPS) is 12.9. The van der Waals surface area contributed by atoms with Crippen molar-refractivity contribution in [3.8, 4) is 0 Å². The molecule has 0 fully saturated rings. The van der Waals surface area contributed by atoms with Crippen LogP contribution in [0.5, 0.6) is 0 Å². The predicted octanol–water partition coefficient (Wildman–Crippen LogP) is 1.64. The molecule has 1 unspecified atom stereocenters. The second-order valence-corrected chi connectivity index (χ2v) is 2.97. The molecule has 12 heavy (non-hydrogen) atoms. The first kappa shape index (κ1) is 9.23. The first-order chi connectivity index (χ1) is 5.74. The van der Waals surface area contributed by atoms with Crippen LogP contribution in [-0.2, 0) is 4.74 Å². The molecule has 0 aliphatic rings. The summed E-state index contributed by atoms with van der Waals surface area (Å²) in [4.78, 5) is 0. The Morgan fingerprint density at radius 2 is 1.92 bits per heavy atom. The summed E-state index contributed by atoms with van der Waals surface area (Å²) in [6.45, 7) is 2.63. The molecule has 0 saturated carbocycles. The summed E-state index contributed by atoms with van der Waals surface area (Å²) < 4.78 is 4.96. The van der Waals surface area contributed by atoms with Gasteiger partial charge >= 0.3 is 0 Å². The van der Waals surface area contributed by atoms with E-state index in [1.165, 1.54) is 5.56 Å². The lowest BCUT2D eigenvalue weighted by Gasteiger charge is -2.10. The Morgan fingerprint density at radius 3 is 2.42 bits per heavy atom. The highest BCUT2D eigenvalue weighted by Gasteiger charge is 2.03. The van der Waals surface area contributed by atoms with Crippen LogP contribution in [0.3, 0.4) is 0 Å². The molecule has 2 heteroatoms. The molecule has 0 aliphatic carbocycles. The van der Waals surface area contributed by atoms with Crippen LogP contribution in [-0.4, -0.2) is 13.7 Å². The van der Waals surface area contributed by atoms with Crippen molar-refractivity contribution in [2.45, 2.75) is 13.0 Å². The summed E-state index contributed by atoms with van der Waals surface area (Å²) in [6.07, 6.45) is 0. The molecule has 0 aliphatic heterocycles. The van der Waals surface area contributed by atoms with Crippen molar-refractivity contribution in [2.24, 2.45) is 5.73 Å². The number of rotatable bonds is 3. The highest BCUT2D eigenvalue weighted by molar-refractivity contribution is 5.23. The van der Waals surface area contributed by atoms with E-state index in [9.17, 15) is 0 Å². The fourth-order valence-corrected chi connectivity index (χ4v) is 1.09. The van der Waals surface area contributed by atoms with Crippen LogP contribution in [0, 0.1) is 6.92 Å². The minimum absolute atomic E-state index is 0.00407. The van der Waals surface area contributed by atoms with Crippen LogP contribution in [0.1, 0.15) is 17.2 Å². The van der Waals surface area contributed by atoms with Gasteiger partial charge in [-0.1, -0.05) is 29.8 Å². The second-order valence-electron chi connectivity index (χ2n) is 2.97. The number of methoxy groups -OCH3 is 1. The second kappa shape index (κ2) is 4.24. The third-order valence-corrected chi connectivity index (χ3v) is 1.85. The van der Waals surface area contributed by atoms with Crippen LogP contribution in [0.2, 0.25) is 0 Å². The van der Waals surface area contributed by atoms with Crippen molar-refractivity contribution in [3.63, 3.8) is 0 Å². The van der Waals surface area contributed by atoms with E-state index in [1.54, 1.807) is 7.11 Å². The minimum Gasteiger partial charge on any atom is -0.383 e. The van der Waals surface area contributed by atoms with E-state index in [1.807, 2.05) is 12.1 Å². The molecule has 0 saturated heterocycles. The number of ether oxygens (including phenoxy) is 1. The van der Waals surface area contributed by atoms with Gasteiger partial charge in [0, 0.05) is 7.11 Å². The van der Waals surface area contributed by atoms with Crippen molar-refractivity contribution in [3.05, 3.63) is 35.4 Å². The zero-order chi connectivity index (χ0) is 8.97. The Kier molecular flexibility index (Phi) is 3.26. The third-order valence-electron chi connectivity index (χ3n) is 1.85. The molecule has 0 radical (unpaired) electrons. The first-order valence-corrected chi connectivity index (χ1v) is 4.05. The lowest BCUT2D eigenvalue weighted by atomic mass is 10.1. The van der Waals surface area contributed by atoms with Gasteiger partial charge in [0.15, 0.2) is 0 Å². The van der Waals surface area contributed by atoms with Gasteiger partial charge in [-0.3, -0.25) is 0 Å². The zero-order valence-electron chi connectivity index (χ0n) is 7.58. The molecule has 0 bridgehead atoms. The first-order valence-electron chi connectivity index (χ1n) is 4.05. The highest BCUT2D eigenvalue weighted by atomic mass is 16.5. The molecule has 1 aromatic carbocycles. The highest BCUT2D eigenvalue weighted by Crippen LogP contribution is 2.10. The summed E-state index contributed by atoms with van der Waals surface area (Å²) in [5, 5.41) is 0. The van der Waals surface area contributed by atoms with E-state index in [4.69, 9.17) is 10.5 Å². The van der Waals surface area contributed by atoms with Crippen molar-refractivity contribution in [2.75, 3.05) is 13.7 Å². The summed E-state index contributed by atoms with van der Waals surface area (Å²) >= 11 is 0. The van der Waals surface area contributed by atoms with Gasteiger partial charge in [-0.25, -0.2) is 0 Å². The Bertz CT molecular complexity index is 230. The summed E-state index contributed by atoms with van der Waals surface area (Å²) in [5.41, 5.74) is 8.21. The van der Waals surface area contributed by atoms with Crippen LogP contribution < -0.4 is 5.73 Å². The Balaban J connectivity index is 2.68. The lowest BCUT2D eigenvalue weighted by Crippen LogP contribution is -2.15. The van der Waals surface area contributed by atoms with Gasteiger partial charge in [0.05, 0.1) is 12.6 Å².